The van der Waals surface area contributed by atoms with E-state index in [1.165, 1.54) is 12.1 Å². The number of carbonyl (C=O) groups excluding carboxylic acids is 2. The van der Waals surface area contributed by atoms with Gasteiger partial charge < -0.3 is 14.9 Å². The molecule has 1 atom stereocenters. The Morgan fingerprint density at radius 3 is 2.31 bits per heavy atom. The summed E-state index contributed by atoms with van der Waals surface area (Å²) < 4.78 is 13.2. The lowest BCUT2D eigenvalue weighted by molar-refractivity contribution is -0.134. The van der Waals surface area contributed by atoms with Crippen LogP contribution in [0.15, 0.2) is 48.5 Å². The molecule has 0 radical (unpaired) electrons. The summed E-state index contributed by atoms with van der Waals surface area (Å²) in [6.07, 6.45) is 0.255. The number of aliphatic hydroxyl groups excluding tert-OH is 1. The van der Waals surface area contributed by atoms with Crippen LogP contribution in [0.4, 0.5) is 4.39 Å². The van der Waals surface area contributed by atoms with E-state index >= 15 is 0 Å². The molecule has 0 unspecified atom stereocenters. The van der Waals surface area contributed by atoms with Crippen molar-refractivity contribution < 1.29 is 19.1 Å². The quantitative estimate of drug-likeness (QED) is 0.841. The lowest BCUT2D eigenvalue weighted by Crippen LogP contribution is -2.47. The Morgan fingerprint density at radius 2 is 1.72 bits per heavy atom. The van der Waals surface area contributed by atoms with Crippen molar-refractivity contribution in [3.8, 4) is 0 Å². The van der Waals surface area contributed by atoms with Crippen molar-refractivity contribution in [2.24, 2.45) is 5.92 Å². The minimum atomic E-state index is -0.305. The predicted octanol–water partition coefficient (Wildman–Crippen LogP) is 3.22. The maximum absolute atomic E-state index is 13.2. The molecule has 0 aliphatic carbocycles. The van der Waals surface area contributed by atoms with Crippen LogP contribution < -0.4 is 0 Å². The summed E-state index contributed by atoms with van der Waals surface area (Å²) in [5.41, 5.74) is 2.16. The summed E-state index contributed by atoms with van der Waals surface area (Å²) >= 11 is 0. The van der Waals surface area contributed by atoms with Crippen LogP contribution in [0.1, 0.15) is 41.8 Å². The van der Waals surface area contributed by atoms with Crippen LogP contribution in [-0.4, -0.2) is 45.9 Å². The van der Waals surface area contributed by atoms with Gasteiger partial charge in [0.25, 0.3) is 5.91 Å². The molecule has 1 saturated heterocycles. The standard InChI is InChI=1S/C23H27FN2O3/c1-16(2)21-14-25(23(29)19-7-3-18(15-27)4-8-19)12-11-22(28)26(21)13-17-5-9-20(24)10-6-17/h3-10,16,21,27H,11-15H2,1-2H3/t21-/m0/s1. The zero-order valence-electron chi connectivity index (χ0n) is 16.8. The largest absolute Gasteiger partial charge is 0.392 e. The van der Waals surface area contributed by atoms with E-state index in [-0.39, 0.29) is 42.6 Å². The molecule has 0 saturated carbocycles. The zero-order valence-corrected chi connectivity index (χ0v) is 16.8. The van der Waals surface area contributed by atoms with Gasteiger partial charge in [-0.25, -0.2) is 4.39 Å². The smallest absolute Gasteiger partial charge is 0.253 e. The molecular formula is C23H27FN2O3. The molecule has 1 heterocycles. The van der Waals surface area contributed by atoms with Crippen molar-refractivity contribution in [2.45, 2.75) is 39.5 Å². The van der Waals surface area contributed by atoms with E-state index < -0.39 is 0 Å². The number of halogens is 1. The van der Waals surface area contributed by atoms with Gasteiger partial charge in [-0.15, -0.1) is 0 Å². The van der Waals surface area contributed by atoms with Gasteiger partial charge in [0.2, 0.25) is 5.91 Å². The lowest BCUT2D eigenvalue weighted by Gasteiger charge is -2.34. The van der Waals surface area contributed by atoms with Crippen molar-refractivity contribution in [3.63, 3.8) is 0 Å². The van der Waals surface area contributed by atoms with E-state index in [4.69, 9.17) is 0 Å². The molecule has 0 spiro atoms. The van der Waals surface area contributed by atoms with Crippen LogP contribution in [0.2, 0.25) is 0 Å². The Kier molecular flexibility index (Phi) is 6.64. The number of nitrogens with zero attached hydrogens (tertiary/aromatic N) is 2. The molecule has 2 amide bonds. The van der Waals surface area contributed by atoms with Gasteiger partial charge in [-0.05, 0) is 41.3 Å². The molecule has 6 heteroatoms. The van der Waals surface area contributed by atoms with E-state index in [2.05, 4.69) is 0 Å². The summed E-state index contributed by atoms with van der Waals surface area (Å²) in [6, 6.07) is 12.9. The summed E-state index contributed by atoms with van der Waals surface area (Å²) in [5, 5.41) is 9.18. The van der Waals surface area contributed by atoms with Gasteiger partial charge in [0, 0.05) is 31.6 Å². The highest BCUT2D eigenvalue weighted by atomic mass is 19.1. The lowest BCUT2D eigenvalue weighted by atomic mass is 10.0. The van der Waals surface area contributed by atoms with Crippen LogP contribution >= 0.6 is 0 Å². The van der Waals surface area contributed by atoms with E-state index in [1.807, 2.05) is 18.7 Å². The van der Waals surface area contributed by atoms with E-state index in [9.17, 15) is 19.1 Å². The van der Waals surface area contributed by atoms with Gasteiger partial charge in [-0.1, -0.05) is 38.1 Å². The Balaban J connectivity index is 1.80. The number of hydrogen-bond donors (Lipinski definition) is 1. The topological polar surface area (TPSA) is 60.9 Å². The average Bonchev–Trinajstić information content (AvgIpc) is 2.89. The highest BCUT2D eigenvalue weighted by Gasteiger charge is 2.33. The van der Waals surface area contributed by atoms with E-state index in [0.29, 0.717) is 25.2 Å². The Labute approximate surface area is 170 Å². The van der Waals surface area contributed by atoms with Crippen LogP contribution in [0.5, 0.6) is 0 Å². The fourth-order valence-corrected chi connectivity index (χ4v) is 3.66. The van der Waals surface area contributed by atoms with Crippen molar-refractivity contribution in [3.05, 3.63) is 71.0 Å². The molecule has 2 aromatic carbocycles. The SMILES string of the molecule is CC(C)[C@@H]1CN(C(=O)c2ccc(CO)cc2)CCC(=O)N1Cc1ccc(F)cc1. The molecule has 1 N–H and O–H groups in total. The minimum Gasteiger partial charge on any atom is -0.392 e. The fourth-order valence-electron chi connectivity index (χ4n) is 3.66. The highest BCUT2D eigenvalue weighted by molar-refractivity contribution is 5.94. The second-order valence-electron chi connectivity index (χ2n) is 7.82. The molecular weight excluding hydrogens is 371 g/mol. The Hall–Kier alpha value is -2.73. The van der Waals surface area contributed by atoms with Gasteiger partial charge in [0.15, 0.2) is 0 Å². The first kappa shape index (κ1) is 21.0. The third-order valence-electron chi connectivity index (χ3n) is 5.43. The normalized spacial score (nSPS) is 17.6. The van der Waals surface area contributed by atoms with Crippen molar-refractivity contribution in [2.75, 3.05) is 13.1 Å². The molecule has 3 rings (SSSR count). The van der Waals surface area contributed by atoms with Crippen molar-refractivity contribution >= 4 is 11.8 Å². The molecule has 0 aromatic heterocycles. The monoisotopic (exact) mass is 398 g/mol. The van der Waals surface area contributed by atoms with Crippen molar-refractivity contribution in [1.29, 1.82) is 0 Å². The van der Waals surface area contributed by atoms with Gasteiger partial charge in [-0.2, -0.15) is 0 Å². The average molecular weight is 398 g/mol. The first-order chi connectivity index (χ1) is 13.9. The molecule has 1 aliphatic heterocycles. The van der Waals surface area contributed by atoms with Gasteiger partial charge >= 0.3 is 0 Å². The first-order valence-corrected chi connectivity index (χ1v) is 9.92. The summed E-state index contributed by atoms with van der Waals surface area (Å²) in [7, 11) is 0. The van der Waals surface area contributed by atoms with Crippen LogP contribution in [-0.2, 0) is 17.9 Å². The summed E-state index contributed by atoms with van der Waals surface area (Å²) in [6.45, 7) is 5.22. The predicted molar refractivity (Wildman–Crippen MR) is 108 cm³/mol. The molecule has 5 nitrogen and oxygen atoms in total. The highest BCUT2D eigenvalue weighted by Crippen LogP contribution is 2.22. The molecule has 154 valence electrons. The number of hydrogen-bond acceptors (Lipinski definition) is 3. The number of carbonyl (C=O) groups is 2. The number of rotatable bonds is 5. The molecule has 2 aromatic rings. The fraction of sp³-hybridized carbons (Fsp3) is 0.391. The maximum Gasteiger partial charge on any atom is 0.253 e. The molecule has 1 fully saturated rings. The van der Waals surface area contributed by atoms with Gasteiger partial charge in [0.05, 0.1) is 12.6 Å². The third-order valence-corrected chi connectivity index (χ3v) is 5.43. The number of amides is 2. The van der Waals surface area contributed by atoms with E-state index in [0.717, 1.165) is 11.1 Å². The second kappa shape index (κ2) is 9.18. The van der Waals surface area contributed by atoms with Crippen LogP contribution in [0.25, 0.3) is 0 Å². The first-order valence-electron chi connectivity index (χ1n) is 9.92. The maximum atomic E-state index is 13.2. The van der Waals surface area contributed by atoms with E-state index in [1.54, 1.807) is 41.3 Å². The molecule has 1 aliphatic rings. The minimum absolute atomic E-state index is 0.000969. The summed E-state index contributed by atoms with van der Waals surface area (Å²) in [4.78, 5) is 29.5. The Bertz CT molecular complexity index is 849. The van der Waals surface area contributed by atoms with Crippen LogP contribution in [0, 0.1) is 11.7 Å². The molecule has 0 bridgehead atoms. The van der Waals surface area contributed by atoms with Gasteiger partial charge in [0.1, 0.15) is 5.82 Å². The van der Waals surface area contributed by atoms with Gasteiger partial charge in [-0.3, -0.25) is 9.59 Å². The summed E-state index contributed by atoms with van der Waals surface area (Å²) in [5.74, 6) is -0.263. The number of aliphatic hydroxyl groups is 1. The Morgan fingerprint density at radius 1 is 1.10 bits per heavy atom. The van der Waals surface area contributed by atoms with Crippen LogP contribution in [0.3, 0.4) is 0 Å². The van der Waals surface area contributed by atoms with Crippen molar-refractivity contribution in [1.82, 2.24) is 9.80 Å². The number of benzene rings is 2. The third kappa shape index (κ3) is 5.01. The molecule has 29 heavy (non-hydrogen) atoms. The zero-order chi connectivity index (χ0) is 21.0. The second-order valence-corrected chi connectivity index (χ2v) is 7.82.